The van der Waals surface area contributed by atoms with Gasteiger partial charge in [0.15, 0.2) is 0 Å². The zero-order valence-electron chi connectivity index (χ0n) is 14.2. The third kappa shape index (κ3) is 4.73. The van der Waals surface area contributed by atoms with E-state index in [1.54, 1.807) is 11.6 Å². The fraction of sp³-hybridized carbons (Fsp3) is 0.444. The maximum absolute atomic E-state index is 13.0. The lowest BCUT2D eigenvalue weighted by Crippen LogP contribution is -2.37. The molecule has 0 N–H and O–H groups in total. The molecule has 0 spiro atoms. The van der Waals surface area contributed by atoms with Gasteiger partial charge in [0.1, 0.15) is 4.88 Å². The van der Waals surface area contributed by atoms with Crippen LogP contribution in [0.2, 0.25) is 10.0 Å². The van der Waals surface area contributed by atoms with E-state index in [9.17, 15) is 4.79 Å². The Kier molecular flexibility index (Phi) is 6.34. The van der Waals surface area contributed by atoms with Crippen LogP contribution in [-0.2, 0) is 6.54 Å². The van der Waals surface area contributed by atoms with Gasteiger partial charge in [0.2, 0.25) is 0 Å². The predicted molar refractivity (Wildman–Crippen MR) is 104 cm³/mol. The lowest BCUT2D eigenvalue weighted by molar-refractivity contribution is 0.0731. The van der Waals surface area contributed by atoms with Crippen molar-refractivity contribution >= 4 is 40.4 Å². The zero-order valence-corrected chi connectivity index (χ0v) is 16.5. The second-order valence-electron chi connectivity index (χ2n) is 6.29. The molecule has 134 valence electrons. The molecule has 7 heteroatoms. The Bertz CT molecular complexity index is 744. The van der Waals surface area contributed by atoms with E-state index in [1.165, 1.54) is 24.2 Å². The number of halogens is 2. The van der Waals surface area contributed by atoms with E-state index in [-0.39, 0.29) is 5.91 Å². The molecule has 1 fully saturated rings. The van der Waals surface area contributed by atoms with Gasteiger partial charge in [-0.15, -0.1) is 11.3 Å². The summed E-state index contributed by atoms with van der Waals surface area (Å²) in [4.78, 5) is 22.2. The Balaban J connectivity index is 1.76. The zero-order chi connectivity index (χ0) is 17.8. The lowest BCUT2D eigenvalue weighted by Gasteiger charge is -2.25. The summed E-state index contributed by atoms with van der Waals surface area (Å²) in [5.74, 6) is 0.0327. The van der Waals surface area contributed by atoms with Gasteiger partial charge in [-0.1, -0.05) is 29.3 Å². The molecule has 1 amide bonds. The Hall–Kier alpha value is -1.14. The average Bonchev–Trinajstić information content (AvgIpc) is 3.25. The van der Waals surface area contributed by atoms with Gasteiger partial charge in [0.25, 0.3) is 5.91 Å². The van der Waals surface area contributed by atoms with Crippen molar-refractivity contribution in [3.8, 4) is 0 Å². The van der Waals surface area contributed by atoms with Crippen LogP contribution in [0, 0.1) is 6.92 Å². The second-order valence-corrected chi connectivity index (χ2v) is 7.96. The fourth-order valence-corrected chi connectivity index (χ4v) is 4.12. The summed E-state index contributed by atoms with van der Waals surface area (Å²) in [5.41, 5.74) is 3.49. The number of likely N-dealkylation sites (tertiary alicyclic amines) is 1. The van der Waals surface area contributed by atoms with Crippen LogP contribution < -0.4 is 0 Å². The smallest absolute Gasteiger partial charge is 0.266 e. The summed E-state index contributed by atoms with van der Waals surface area (Å²) < 4.78 is 0. The predicted octanol–water partition coefficient (Wildman–Crippen LogP) is 4.50. The van der Waals surface area contributed by atoms with Crippen LogP contribution in [-0.4, -0.2) is 46.9 Å². The third-order valence-corrected chi connectivity index (χ3v) is 6.12. The maximum Gasteiger partial charge on any atom is 0.266 e. The minimum atomic E-state index is 0.0327. The van der Waals surface area contributed by atoms with Crippen LogP contribution in [0.5, 0.6) is 0 Å². The highest BCUT2D eigenvalue weighted by Crippen LogP contribution is 2.24. The number of carbonyl (C=O) groups is 1. The maximum atomic E-state index is 13.0. The molecule has 1 aliphatic rings. The molecule has 0 radical (unpaired) electrons. The van der Waals surface area contributed by atoms with Crippen molar-refractivity contribution in [2.24, 2.45) is 0 Å². The van der Waals surface area contributed by atoms with Crippen LogP contribution in [0.4, 0.5) is 0 Å². The van der Waals surface area contributed by atoms with Crippen molar-refractivity contribution in [1.82, 2.24) is 14.8 Å². The van der Waals surface area contributed by atoms with Gasteiger partial charge in [-0.05, 0) is 50.6 Å². The number of carbonyl (C=O) groups excluding carboxylic acids is 1. The SMILES string of the molecule is Cc1ncsc1C(=O)N(CCN1CCCC1)Cc1ccc(Cl)c(Cl)c1. The molecule has 0 saturated carbocycles. The number of hydrogen-bond acceptors (Lipinski definition) is 4. The van der Waals surface area contributed by atoms with Gasteiger partial charge in [-0.2, -0.15) is 0 Å². The number of nitrogens with zero attached hydrogens (tertiary/aromatic N) is 3. The van der Waals surface area contributed by atoms with Gasteiger partial charge < -0.3 is 9.80 Å². The Morgan fingerprint density at radius 3 is 2.68 bits per heavy atom. The standard InChI is InChI=1S/C18H21Cl2N3OS/c1-13-17(25-12-21-13)18(24)23(9-8-22-6-2-3-7-22)11-14-4-5-15(19)16(20)10-14/h4-5,10,12H,2-3,6-9,11H2,1H3. The molecule has 25 heavy (non-hydrogen) atoms. The molecule has 4 nitrogen and oxygen atoms in total. The molecule has 1 saturated heterocycles. The molecule has 2 heterocycles. The minimum absolute atomic E-state index is 0.0327. The number of amides is 1. The fourth-order valence-electron chi connectivity index (χ4n) is 3.03. The molecule has 1 aliphatic heterocycles. The molecule has 0 bridgehead atoms. The highest BCUT2D eigenvalue weighted by Gasteiger charge is 2.22. The first-order chi connectivity index (χ1) is 12.0. The number of rotatable bonds is 6. The molecular formula is C18H21Cl2N3OS. The van der Waals surface area contributed by atoms with E-state index >= 15 is 0 Å². The van der Waals surface area contributed by atoms with Crippen molar-refractivity contribution in [3.05, 3.63) is 49.9 Å². The number of aromatic nitrogens is 1. The van der Waals surface area contributed by atoms with E-state index in [0.29, 0.717) is 28.0 Å². The summed E-state index contributed by atoms with van der Waals surface area (Å²) in [6.45, 7) is 6.21. The monoisotopic (exact) mass is 397 g/mol. The van der Waals surface area contributed by atoms with Crippen LogP contribution in [0.1, 0.15) is 33.8 Å². The van der Waals surface area contributed by atoms with Gasteiger partial charge in [0, 0.05) is 19.6 Å². The number of hydrogen-bond donors (Lipinski definition) is 0. The first-order valence-corrected chi connectivity index (χ1v) is 10.0. The number of benzene rings is 1. The molecule has 3 rings (SSSR count). The van der Waals surface area contributed by atoms with Gasteiger partial charge in [-0.25, -0.2) is 4.98 Å². The summed E-state index contributed by atoms with van der Waals surface area (Å²) in [6, 6.07) is 5.53. The molecule has 0 aliphatic carbocycles. The molecule has 1 aromatic carbocycles. The normalized spacial score (nSPS) is 14.8. The van der Waals surface area contributed by atoms with E-state index in [2.05, 4.69) is 9.88 Å². The van der Waals surface area contributed by atoms with Crippen LogP contribution in [0.3, 0.4) is 0 Å². The van der Waals surface area contributed by atoms with Gasteiger partial charge >= 0.3 is 0 Å². The van der Waals surface area contributed by atoms with Crippen LogP contribution in [0.25, 0.3) is 0 Å². The van der Waals surface area contributed by atoms with Crippen molar-refractivity contribution in [2.75, 3.05) is 26.2 Å². The summed E-state index contributed by atoms with van der Waals surface area (Å²) in [6.07, 6.45) is 2.49. The average molecular weight is 398 g/mol. The van der Waals surface area contributed by atoms with Crippen molar-refractivity contribution in [2.45, 2.75) is 26.3 Å². The van der Waals surface area contributed by atoms with Crippen LogP contribution in [0.15, 0.2) is 23.7 Å². The number of thiazole rings is 1. The molecule has 0 unspecified atom stereocenters. The van der Waals surface area contributed by atoms with E-state index in [4.69, 9.17) is 23.2 Å². The van der Waals surface area contributed by atoms with E-state index in [0.717, 1.165) is 30.9 Å². The Morgan fingerprint density at radius 1 is 1.28 bits per heavy atom. The largest absolute Gasteiger partial charge is 0.332 e. The molecule has 0 atom stereocenters. The molecule has 1 aromatic heterocycles. The summed E-state index contributed by atoms with van der Waals surface area (Å²) in [7, 11) is 0. The van der Waals surface area contributed by atoms with Crippen LogP contribution >= 0.6 is 34.5 Å². The molecule has 2 aromatic rings. The highest BCUT2D eigenvalue weighted by molar-refractivity contribution is 7.11. The quantitative estimate of drug-likeness (QED) is 0.719. The second kappa shape index (κ2) is 8.49. The summed E-state index contributed by atoms with van der Waals surface area (Å²) in [5, 5.41) is 1.04. The van der Waals surface area contributed by atoms with Gasteiger partial charge in [0.05, 0.1) is 21.2 Å². The van der Waals surface area contributed by atoms with Crippen molar-refractivity contribution in [3.63, 3.8) is 0 Å². The Morgan fingerprint density at radius 2 is 2.04 bits per heavy atom. The third-order valence-electron chi connectivity index (χ3n) is 4.47. The lowest BCUT2D eigenvalue weighted by atomic mass is 10.2. The minimum Gasteiger partial charge on any atom is -0.332 e. The summed E-state index contributed by atoms with van der Waals surface area (Å²) >= 11 is 13.5. The van der Waals surface area contributed by atoms with E-state index < -0.39 is 0 Å². The molecular weight excluding hydrogens is 377 g/mol. The Labute approximate surface area is 162 Å². The van der Waals surface area contributed by atoms with Crippen molar-refractivity contribution in [1.29, 1.82) is 0 Å². The van der Waals surface area contributed by atoms with Gasteiger partial charge in [-0.3, -0.25) is 4.79 Å². The highest BCUT2D eigenvalue weighted by atomic mass is 35.5. The first-order valence-electron chi connectivity index (χ1n) is 8.40. The van der Waals surface area contributed by atoms with E-state index in [1.807, 2.05) is 24.0 Å². The van der Waals surface area contributed by atoms with Crippen molar-refractivity contribution < 1.29 is 4.79 Å². The first kappa shape index (κ1) is 18.6. The topological polar surface area (TPSA) is 36.4 Å². The number of aryl methyl sites for hydroxylation is 1.